The molecule has 1 amide bonds. The van der Waals surface area contributed by atoms with E-state index in [-0.39, 0.29) is 18.4 Å². The molecule has 5 nitrogen and oxygen atoms in total. The Morgan fingerprint density at radius 1 is 1.28 bits per heavy atom. The van der Waals surface area contributed by atoms with E-state index in [1.807, 2.05) is 25.8 Å². The molecule has 0 aromatic carbocycles. The number of nitrogens with zero attached hydrogens (tertiary/aromatic N) is 1. The van der Waals surface area contributed by atoms with E-state index >= 15 is 0 Å². The van der Waals surface area contributed by atoms with E-state index in [1.54, 1.807) is 18.3 Å². The lowest BCUT2D eigenvalue weighted by atomic mass is 10.1. The van der Waals surface area contributed by atoms with Crippen LogP contribution in [0, 0.1) is 20.8 Å². The van der Waals surface area contributed by atoms with Gasteiger partial charge < -0.3 is 10.1 Å². The summed E-state index contributed by atoms with van der Waals surface area (Å²) in [5.41, 5.74) is 2.57. The van der Waals surface area contributed by atoms with Gasteiger partial charge in [0, 0.05) is 16.3 Å². The lowest BCUT2D eigenvalue weighted by Crippen LogP contribution is -2.30. The highest BCUT2D eigenvalue weighted by Gasteiger charge is 2.22. The predicted molar refractivity (Wildman–Crippen MR) is 104 cm³/mol. The van der Waals surface area contributed by atoms with Crippen molar-refractivity contribution in [2.75, 3.05) is 25.5 Å². The second-order valence-electron chi connectivity index (χ2n) is 5.96. The maximum atomic E-state index is 12.4. The van der Waals surface area contributed by atoms with Gasteiger partial charge in [0.1, 0.15) is 5.00 Å². The predicted octanol–water partition coefficient (Wildman–Crippen LogP) is 3.98. The molecule has 2 aromatic rings. The van der Waals surface area contributed by atoms with Gasteiger partial charge in [-0.3, -0.25) is 9.69 Å². The van der Waals surface area contributed by atoms with E-state index in [0.717, 1.165) is 17.0 Å². The molecule has 136 valence electrons. The maximum absolute atomic E-state index is 12.4. The number of carbonyl (C=O) groups is 2. The van der Waals surface area contributed by atoms with Crippen LogP contribution in [0.4, 0.5) is 5.00 Å². The van der Waals surface area contributed by atoms with Crippen LogP contribution < -0.4 is 5.32 Å². The molecule has 0 unspecified atom stereocenters. The van der Waals surface area contributed by atoms with E-state index in [0.29, 0.717) is 17.2 Å². The van der Waals surface area contributed by atoms with Gasteiger partial charge in [0.15, 0.2) is 0 Å². The number of hydrogen-bond donors (Lipinski definition) is 1. The minimum absolute atomic E-state index is 0.136. The van der Waals surface area contributed by atoms with Crippen LogP contribution in [0.15, 0.2) is 11.4 Å². The second kappa shape index (κ2) is 8.60. The van der Waals surface area contributed by atoms with E-state index < -0.39 is 0 Å². The molecule has 7 heteroatoms. The molecule has 0 saturated carbocycles. The van der Waals surface area contributed by atoms with E-state index in [9.17, 15) is 9.59 Å². The van der Waals surface area contributed by atoms with Crippen molar-refractivity contribution in [3.8, 4) is 0 Å². The lowest BCUT2D eigenvalue weighted by Gasteiger charge is -2.16. The molecular weight excluding hydrogens is 356 g/mol. The summed E-state index contributed by atoms with van der Waals surface area (Å²) in [6, 6.07) is 2.08. The van der Waals surface area contributed by atoms with Gasteiger partial charge in [0.25, 0.3) is 0 Å². The van der Waals surface area contributed by atoms with Crippen LogP contribution in [0.1, 0.15) is 38.2 Å². The summed E-state index contributed by atoms with van der Waals surface area (Å²) in [5, 5.41) is 5.50. The lowest BCUT2D eigenvalue weighted by molar-refractivity contribution is -0.117. The molecule has 0 saturated heterocycles. The molecule has 1 N–H and O–H groups in total. The monoisotopic (exact) mass is 380 g/mol. The van der Waals surface area contributed by atoms with Crippen LogP contribution in [0.2, 0.25) is 0 Å². The third-order valence-electron chi connectivity index (χ3n) is 3.91. The topological polar surface area (TPSA) is 58.6 Å². The SMILES string of the molecule is CCOC(=O)c1c(NC(=O)CN(C)Cc2sccc2C)sc(C)c1C. The summed E-state index contributed by atoms with van der Waals surface area (Å²) in [4.78, 5) is 28.8. The maximum Gasteiger partial charge on any atom is 0.341 e. The smallest absolute Gasteiger partial charge is 0.341 e. The number of ether oxygens (including phenoxy) is 1. The summed E-state index contributed by atoms with van der Waals surface area (Å²) >= 11 is 3.10. The molecule has 0 aliphatic heterocycles. The fourth-order valence-corrected chi connectivity index (χ4v) is 4.49. The summed E-state index contributed by atoms with van der Waals surface area (Å²) in [6.07, 6.45) is 0. The summed E-state index contributed by atoms with van der Waals surface area (Å²) in [7, 11) is 1.91. The van der Waals surface area contributed by atoms with Crippen molar-refractivity contribution >= 4 is 39.6 Å². The number of likely N-dealkylation sites (N-methyl/N-ethyl adjacent to an activating group) is 1. The Labute approximate surface area is 156 Å². The molecule has 25 heavy (non-hydrogen) atoms. The number of amides is 1. The fourth-order valence-electron chi connectivity index (χ4n) is 2.44. The number of thiophene rings is 2. The first-order chi connectivity index (χ1) is 11.8. The van der Waals surface area contributed by atoms with Crippen molar-refractivity contribution in [2.24, 2.45) is 0 Å². The Kier molecular flexibility index (Phi) is 6.75. The van der Waals surface area contributed by atoms with Gasteiger partial charge in [-0.2, -0.15) is 0 Å². The van der Waals surface area contributed by atoms with Crippen LogP contribution in [-0.4, -0.2) is 37.0 Å². The van der Waals surface area contributed by atoms with Crippen molar-refractivity contribution in [2.45, 2.75) is 34.2 Å². The molecule has 0 aliphatic rings. The van der Waals surface area contributed by atoms with Crippen molar-refractivity contribution in [3.63, 3.8) is 0 Å². The van der Waals surface area contributed by atoms with Crippen LogP contribution in [0.3, 0.4) is 0 Å². The Bertz CT molecular complexity index is 764. The molecule has 0 bridgehead atoms. The standard InChI is InChI=1S/C18H24N2O3S2/c1-6-23-18(22)16-12(3)13(4)25-17(16)19-15(21)10-20(5)9-14-11(2)7-8-24-14/h7-8H,6,9-10H2,1-5H3,(H,19,21). The number of nitrogens with one attached hydrogen (secondary N) is 1. The highest BCUT2D eigenvalue weighted by Crippen LogP contribution is 2.33. The zero-order valence-corrected chi connectivity index (χ0v) is 16.9. The number of hydrogen-bond acceptors (Lipinski definition) is 6. The highest BCUT2D eigenvalue weighted by atomic mass is 32.1. The number of rotatable bonds is 7. The Morgan fingerprint density at radius 2 is 2.00 bits per heavy atom. The first-order valence-corrected chi connectivity index (χ1v) is 9.81. The van der Waals surface area contributed by atoms with Crippen molar-refractivity contribution in [1.29, 1.82) is 0 Å². The quantitative estimate of drug-likeness (QED) is 0.738. The van der Waals surface area contributed by atoms with E-state index in [2.05, 4.69) is 23.7 Å². The average molecular weight is 381 g/mol. The molecule has 0 fully saturated rings. The van der Waals surface area contributed by atoms with Gasteiger partial charge in [-0.15, -0.1) is 22.7 Å². The van der Waals surface area contributed by atoms with Gasteiger partial charge in [0.05, 0.1) is 18.7 Å². The van der Waals surface area contributed by atoms with Gasteiger partial charge in [0.2, 0.25) is 5.91 Å². The number of esters is 1. The summed E-state index contributed by atoms with van der Waals surface area (Å²) in [6.45, 7) is 8.95. The third-order valence-corrected chi connectivity index (χ3v) is 6.04. The van der Waals surface area contributed by atoms with Gasteiger partial charge in [-0.05, 0) is 57.3 Å². The van der Waals surface area contributed by atoms with E-state index in [4.69, 9.17) is 4.74 Å². The minimum Gasteiger partial charge on any atom is -0.462 e. The normalized spacial score (nSPS) is 11.0. The van der Waals surface area contributed by atoms with Crippen molar-refractivity contribution in [1.82, 2.24) is 4.90 Å². The van der Waals surface area contributed by atoms with Crippen LogP contribution in [-0.2, 0) is 16.1 Å². The van der Waals surface area contributed by atoms with E-state index in [1.165, 1.54) is 21.8 Å². The molecule has 0 radical (unpaired) electrons. The fraction of sp³-hybridized carbons (Fsp3) is 0.444. The van der Waals surface area contributed by atoms with Crippen molar-refractivity contribution in [3.05, 3.63) is 37.9 Å². The van der Waals surface area contributed by atoms with Crippen LogP contribution in [0.5, 0.6) is 0 Å². The molecule has 0 atom stereocenters. The van der Waals surface area contributed by atoms with Gasteiger partial charge >= 0.3 is 5.97 Å². The molecule has 2 heterocycles. The van der Waals surface area contributed by atoms with Gasteiger partial charge in [-0.1, -0.05) is 0 Å². The van der Waals surface area contributed by atoms with Crippen LogP contribution in [0.25, 0.3) is 0 Å². The number of carbonyl (C=O) groups excluding carboxylic acids is 2. The molecule has 0 aliphatic carbocycles. The molecule has 0 spiro atoms. The largest absolute Gasteiger partial charge is 0.462 e. The number of aryl methyl sites for hydroxylation is 2. The first kappa shape index (κ1) is 19.6. The Morgan fingerprint density at radius 3 is 2.60 bits per heavy atom. The molecular formula is C18H24N2O3S2. The Balaban J connectivity index is 2.04. The second-order valence-corrected chi connectivity index (χ2v) is 8.18. The van der Waals surface area contributed by atoms with Crippen molar-refractivity contribution < 1.29 is 14.3 Å². The summed E-state index contributed by atoms with van der Waals surface area (Å²) < 4.78 is 5.12. The zero-order chi connectivity index (χ0) is 18.6. The minimum atomic E-state index is -0.387. The Hall–Kier alpha value is -1.70. The van der Waals surface area contributed by atoms with Crippen LogP contribution >= 0.6 is 22.7 Å². The molecule has 2 aromatic heterocycles. The highest BCUT2D eigenvalue weighted by molar-refractivity contribution is 7.16. The third kappa shape index (κ3) is 4.90. The first-order valence-electron chi connectivity index (χ1n) is 8.12. The zero-order valence-electron chi connectivity index (χ0n) is 15.3. The number of anilines is 1. The summed E-state index contributed by atoms with van der Waals surface area (Å²) in [5.74, 6) is -0.522. The van der Waals surface area contributed by atoms with Gasteiger partial charge in [-0.25, -0.2) is 4.79 Å². The molecule has 2 rings (SSSR count). The average Bonchev–Trinajstić information content (AvgIpc) is 3.03.